The molecule has 0 saturated carbocycles. The van der Waals surface area contributed by atoms with E-state index in [2.05, 4.69) is 21.3 Å². The summed E-state index contributed by atoms with van der Waals surface area (Å²) < 4.78 is 0. The lowest BCUT2D eigenvalue weighted by molar-refractivity contribution is -0.139. The average molecular weight is 417 g/mol. The van der Waals surface area contributed by atoms with E-state index in [4.69, 9.17) is 0 Å². The molecule has 0 aliphatic carbocycles. The molecular weight excluding hydrogens is 390 g/mol. The average Bonchev–Trinajstić information content (AvgIpc) is 3.29. The number of Topliss-reactive ketones (excluding diaryl/α,β-unsaturated/α-hetero) is 1. The summed E-state index contributed by atoms with van der Waals surface area (Å²) >= 11 is 0. The Labute approximate surface area is 174 Å². The number of likely N-dealkylation sites (N-methyl/N-ethyl adjacent to an activating group) is 1. The van der Waals surface area contributed by atoms with Gasteiger partial charge < -0.3 is 26.2 Å². The predicted molar refractivity (Wildman–Crippen MR) is 108 cm³/mol. The second-order valence-corrected chi connectivity index (χ2v) is 7.16. The van der Waals surface area contributed by atoms with Gasteiger partial charge in [-0.15, -0.1) is 0 Å². The van der Waals surface area contributed by atoms with Crippen molar-refractivity contribution in [2.24, 2.45) is 5.92 Å². The Bertz CT molecular complexity index is 790. The molecule has 1 aromatic rings. The summed E-state index contributed by atoms with van der Waals surface area (Å²) in [4.78, 5) is 61.7. The fourth-order valence-corrected chi connectivity index (χ4v) is 2.93. The first-order valence-corrected chi connectivity index (χ1v) is 9.64. The van der Waals surface area contributed by atoms with Crippen molar-refractivity contribution in [2.45, 2.75) is 12.5 Å². The van der Waals surface area contributed by atoms with Crippen molar-refractivity contribution >= 4 is 29.4 Å². The Kier molecular flexibility index (Phi) is 8.48. The molecule has 1 aromatic carbocycles. The molecule has 1 aliphatic rings. The number of rotatable bonds is 9. The molecule has 1 heterocycles. The number of benzene rings is 1. The molecule has 0 radical (unpaired) electrons. The normalized spacial score (nSPS) is 16.3. The minimum Gasteiger partial charge on any atom is -0.348 e. The quantitative estimate of drug-likeness (QED) is 0.355. The Balaban J connectivity index is 1.82. The number of hydrogen-bond donors (Lipinski definition) is 4. The van der Waals surface area contributed by atoms with Gasteiger partial charge in [-0.3, -0.25) is 24.0 Å². The van der Waals surface area contributed by atoms with Gasteiger partial charge in [0.05, 0.1) is 19.0 Å². The van der Waals surface area contributed by atoms with Crippen molar-refractivity contribution in [1.29, 1.82) is 0 Å². The highest BCUT2D eigenvalue weighted by molar-refractivity contribution is 6.37. The highest BCUT2D eigenvalue weighted by Crippen LogP contribution is 2.14. The van der Waals surface area contributed by atoms with E-state index in [0.717, 1.165) is 6.54 Å². The Hall–Kier alpha value is -3.27. The van der Waals surface area contributed by atoms with Gasteiger partial charge in [-0.2, -0.15) is 0 Å². The number of ketones is 1. The van der Waals surface area contributed by atoms with Crippen LogP contribution in [0.15, 0.2) is 30.3 Å². The van der Waals surface area contributed by atoms with Crippen LogP contribution in [0.4, 0.5) is 0 Å². The zero-order valence-electron chi connectivity index (χ0n) is 17.1. The number of amides is 4. The fraction of sp³-hybridized carbons (Fsp3) is 0.450. The van der Waals surface area contributed by atoms with Gasteiger partial charge in [-0.05, 0) is 18.5 Å². The minimum atomic E-state index is -0.981. The van der Waals surface area contributed by atoms with Crippen LogP contribution in [0.1, 0.15) is 18.0 Å². The summed E-state index contributed by atoms with van der Waals surface area (Å²) in [5.74, 6) is -3.29. The van der Waals surface area contributed by atoms with Gasteiger partial charge >= 0.3 is 0 Å². The molecule has 0 spiro atoms. The number of carbonyl (C=O) groups excluding carboxylic acids is 5. The van der Waals surface area contributed by atoms with Crippen molar-refractivity contribution < 1.29 is 24.0 Å². The fourth-order valence-electron chi connectivity index (χ4n) is 2.93. The van der Waals surface area contributed by atoms with Crippen molar-refractivity contribution in [2.75, 3.05) is 40.3 Å². The van der Waals surface area contributed by atoms with E-state index >= 15 is 0 Å². The van der Waals surface area contributed by atoms with Crippen LogP contribution in [0, 0.1) is 5.92 Å². The largest absolute Gasteiger partial charge is 0.348 e. The lowest BCUT2D eigenvalue weighted by atomic mass is 10.1. The van der Waals surface area contributed by atoms with E-state index in [1.165, 1.54) is 4.90 Å². The Morgan fingerprint density at radius 1 is 1.07 bits per heavy atom. The van der Waals surface area contributed by atoms with Crippen LogP contribution in [0.3, 0.4) is 0 Å². The first-order valence-electron chi connectivity index (χ1n) is 9.64. The molecule has 1 aliphatic heterocycles. The molecule has 2 atom stereocenters. The van der Waals surface area contributed by atoms with Crippen molar-refractivity contribution in [3.63, 3.8) is 0 Å². The van der Waals surface area contributed by atoms with Gasteiger partial charge in [0.15, 0.2) is 0 Å². The van der Waals surface area contributed by atoms with Crippen LogP contribution in [0.2, 0.25) is 0 Å². The minimum absolute atomic E-state index is 0.212. The summed E-state index contributed by atoms with van der Waals surface area (Å²) in [6.07, 6.45) is 0.681. The van der Waals surface area contributed by atoms with E-state index < -0.39 is 36.7 Å². The molecule has 10 nitrogen and oxygen atoms in total. The standard InChI is InChI=1S/C20H27N5O5/c1-25(2)20(30)17(13-6-4-3-5-7-13)24-16(27)12-23-19(29)15(26)11-22-18(28)14-8-9-21-10-14/h3-7,14,17,21H,8-12H2,1-2H3,(H,22,28)(H,23,29)(H,24,27)/t14-,17-/m0/s1. The Morgan fingerprint density at radius 3 is 2.37 bits per heavy atom. The molecule has 0 aromatic heterocycles. The van der Waals surface area contributed by atoms with E-state index in [9.17, 15) is 24.0 Å². The second kappa shape index (κ2) is 11.1. The Morgan fingerprint density at radius 2 is 1.77 bits per heavy atom. The van der Waals surface area contributed by atoms with Crippen LogP contribution in [-0.2, 0) is 24.0 Å². The van der Waals surface area contributed by atoms with E-state index in [1.54, 1.807) is 44.4 Å². The van der Waals surface area contributed by atoms with Gasteiger partial charge in [-0.1, -0.05) is 30.3 Å². The highest BCUT2D eigenvalue weighted by atomic mass is 16.2. The van der Waals surface area contributed by atoms with Gasteiger partial charge in [0, 0.05) is 20.6 Å². The maximum absolute atomic E-state index is 12.4. The molecule has 10 heteroatoms. The van der Waals surface area contributed by atoms with Crippen molar-refractivity contribution in [3.8, 4) is 0 Å². The highest BCUT2D eigenvalue weighted by Gasteiger charge is 2.26. The number of nitrogens with zero attached hydrogens (tertiary/aromatic N) is 1. The molecule has 30 heavy (non-hydrogen) atoms. The van der Waals surface area contributed by atoms with Crippen LogP contribution in [0.25, 0.3) is 0 Å². The third kappa shape index (κ3) is 6.66. The summed E-state index contributed by atoms with van der Waals surface area (Å²) in [7, 11) is 3.14. The van der Waals surface area contributed by atoms with Gasteiger partial charge in [0.2, 0.25) is 23.5 Å². The van der Waals surface area contributed by atoms with Crippen LogP contribution in [-0.4, -0.2) is 74.6 Å². The third-order valence-electron chi connectivity index (χ3n) is 4.64. The van der Waals surface area contributed by atoms with E-state index in [-0.39, 0.29) is 17.7 Å². The molecule has 1 saturated heterocycles. The lowest BCUT2D eigenvalue weighted by Gasteiger charge is -2.22. The maximum Gasteiger partial charge on any atom is 0.289 e. The topological polar surface area (TPSA) is 137 Å². The predicted octanol–water partition coefficient (Wildman–Crippen LogP) is -1.66. The SMILES string of the molecule is CN(C)C(=O)[C@@H](NC(=O)CNC(=O)C(=O)CNC(=O)[C@H]1CCNC1)c1ccccc1. The third-order valence-corrected chi connectivity index (χ3v) is 4.64. The van der Waals surface area contributed by atoms with Crippen molar-refractivity contribution in [3.05, 3.63) is 35.9 Å². The first-order chi connectivity index (χ1) is 14.3. The second-order valence-electron chi connectivity index (χ2n) is 7.16. The summed E-state index contributed by atoms with van der Waals surface area (Å²) in [6, 6.07) is 7.77. The van der Waals surface area contributed by atoms with Crippen LogP contribution >= 0.6 is 0 Å². The van der Waals surface area contributed by atoms with Crippen LogP contribution < -0.4 is 21.3 Å². The molecule has 162 valence electrons. The molecule has 2 rings (SSSR count). The summed E-state index contributed by atoms with van der Waals surface area (Å²) in [5.41, 5.74) is 0.594. The zero-order valence-corrected chi connectivity index (χ0v) is 17.1. The monoisotopic (exact) mass is 417 g/mol. The molecule has 0 unspecified atom stereocenters. The molecule has 0 bridgehead atoms. The van der Waals surface area contributed by atoms with Gasteiger partial charge in [0.25, 0.3) is 5.91 Å². The smallest absolute Gasteiger partial charge is 0.289 e. The van der Waals surface area contributed by atoms with Gasteiger partial charge in [-0.25, -0.2) is 0 Å². The number of hydrogen-bond acceptors (Lipinski definition) is 6. The van der Waals surface area contributed by atoms with E-state index in [0.29, 0.717) is 18.5 Å². The summed E-state index contributed by atoms with van der Waals surface area (Å²) in [5, 5.41) is 10.3. The van der Waals surface area contributed by atoms with Gasteiger partial charge in [0.1, 0.15) is 6.04 Å². The summed E-state index contributed by atoms with van der Waals surface area (Å²) in [6.45, 7) is 0.367. The molecule has 4 N–H and O–H groups in total. The van der Waals surface area contributed by atoms with Crippen LogP contribution in [0.5, 0.6) is 0 Å². The lowest BCUT2D eigenvalue weighted by Crippen LogP contribution is -2.46. The molecular formula is C20H27N5O5. The molecule has 1 fully saturated rings. The van der Waals surface area contributed by atoms with E-state index in [1.807, 2.05) is 0 Å². The maximum atomic E-state index is 12.4. The first kappa shape index (κ1) is 23.0. The number of carbonyl (C=O) groups is 5. The zero-order chi connectivity index (χ0) is 22.1. The number of nitrogens with one attached hydrogen (secondary N) is 4. The van der Waals surface area contributed by atoms with Crippen molar-refractivity contribution in [1.82, 2.24) is 26.2 Å². The molecule has 4 amide bonds.